The first-order valence-electron chi connectivity index (χ1n) is 7.18. The second-order valence-electron chi connectivity index (χ2n) is 4.85. The summed E-state index contributed by atoms with van der Waals surface area (Å²) < 4.78 is 10.6. The summed E-state index contributed by atoms with van der Waals surface area (Å²) in [7, 11) is 0. The molecule has 3 aromatic heterocycles. The molecule has 3 heterocycles. The number of nitrogens with zero attached hydrogens (tertiary/aromatic N) is 1. The Balaban J connectivity index is 1.74. The predicted molar refractivity (Wildman–Crippen MR) is 87.3 cm³/mol. The Labute approximate surface area is 142 Å². The first kappa shape index (κ1) is 15.9. The average molecular weight is 342 g/mol. The molecular formula is C17H14N2O4S. The number of esters is 1. The van der Waals surface area contributed by atoms with Crippen LogP contribution in [0, 0.1) is 0 Å². The molecule has 1 amide bonds. The number of hydrogen-bond donors (Lipinski definition) is 1. The van der Waals surface area contributed by atoms with Crippen LogP contribution < -0.4 is 5.32 Å². The summed E-state index contributed by atoms with van der Waals surface area (Å²) in [6.07, 6.45) is 3.53. The van der Waals surface area contributed by atoms with E-state index in [-0.39, 0.29) is 6.54 Å². The number of aromatic nitrogens is 1. The monoisotopic (exact) mass is 342 g/mol. The zero-order valence-electron chi connectivity index (χ0n) is 12.5. The number of hydrogen-bond acceptors (Lipinski definition) is 6. The number of furan rings is 1. The smallest absolute Gasteiger partial charge is 0.349 e. The topological polar surface area (TPSA) is 81.4 Å². The summed E-state index contributed by atoms with van der Waals surface area (Å²) in [6.45, 7) is 0.207. The molecule has 0 unspecified atom stereocenters. The zero-order chi connectivity index (χ0) is 16.8. The minimum Gasteiger partial charge on any atom is -0.467 e. The van der Waals surface area contributed by atoms with Gasteiger partial charge >= 0.3 is 5.97 Å². The second kappa shape index (κ2) is 7.56. The Kier molecular flexibility index (Phi) is 5.02. The number of carbonyl (C=O) groups is 2. The molecule has 0 fully saturated rings. The van der Waals surface area contributed by atoms with E-state index in [0.29, 0.717) is 16.2 Å². The van der Waals surface area contributed by atoms with E-state index in [1.165, 1.54) is 23.8 Å². The first-order valence-corrected chi connectivity index (χ1v) is 8.06. The molecule has 0 saturated heterocycles. The van der Waals surface area contributed by atoms with Gasteiger partial charge in [0.05, 0.1) is 12.8 Å². The predicted octanol–water partition coefficient (Wildman–Crippen LogP) is 2.95. The van der Waals surface area contributed by atoms with Gasteiger partial charge in [-0.3, -0.25) is 9.78 Å². The average Bonchev–Trinajstić information content (AvgIpc) is 3.31. The van der Waals surface area contributed by atoms with Crippen LogP contribution in [0.1, 0.15) is 27.1 Å². The molecule has 0 saturated carbocycles. The van der Waals surface area contributed by atoms with Crippen LogP contribution in [0.15, 0.2) is 64.9 Å². The van der Waals surface area contributed by atoms with E-state index in [9.17, 15) is 9.59 Å². The van der Waals surface area contributed by atoms with Crippen LogP contribution in [-0.2, 0) is 16.1 Å². The molecule has 0 aromatic carbocycles. The summed E-state index contributed by atoms with van der Waals surface area (Å²) in [5.74, 6) is -0.380. The molecule has 0 aliphatic carbocycles. The van der Waals surface area contributed by atoms with Crippen molar-refractivity contribution in [3.05, 3.63) is 76.6 Å². The molecule has 24 heavy (non-hydrogen) atoms. The highest BCUT2D eigenvalue weighted by Crippen LogP contribution is 2.20. The van der Waals surface area contributed by atoms with E-state index >= 15 is 0 Å². The number of rotatable bonds is 6. The lowest BCUT2D eigenvalue weighted by Gasteiger charge is -2.17. The van der Waals surface area contributed by atoms with Gasteiger partial charge < -0.3 is 14.5 Å². The first-order chi connectivity index (χ1) is 11.7. The molecule has 3 rings (SSSR count). The van der Waals surface area contributed by atoms with Gasteiger partial charge in [-0.15, -0.1) is 11.3 Å². The van der Waals surface area contributed by atoms with Crippen LogP contribution >= 0.6 is 11.3 Å². The van der Waals surface area contributed by atoms with Crippen LogP contribution in [0.4, 0.5) is 0 Å². The summed E-state index contributed by atoms with van der Waals surface area (Å²) in [6, 6.07) is 10.2. The van der Waals surface area contributed by atoms with Crippen molar-refractivity contribution in [2.24, 2.45) is 0 Å². The zero-order valence-corrected chi connectivity index (χ0v) is 13.4. The van der Waals surface area contributed by atoms with E-state index < -0.39 is 18.0 Å². The van der Waals surface area contributed by atoms with Gasteiger partial charge in [-0.25, -0.2) is 4.79 Å². The lowest BCUT2D eigenvalue weighted by atomic mass is 10.1. The molecule has 3 aromatic rings. The fourth-order valence-electron chi connectivity index (χ4n) is 2.04. The number of thiophene rings is 1. The molecule has 0 aliphatic heterocycles. The third-order valence-corrected chi connectivity index (χ3v) is 4.04. The lowest BCUT2D eigenvalue weighted by Crippen LogP contribution is -2.31. The van der Waals surface area contributed by atoms with Crippen molar-refractivity contribution in [3.8, 4) is 0 Å². The maximum atomic E-state index is 12.5. The van der Waals surface area contributed by atoms with Gasteiger partial charge in [0.25, 0.3) is 5.91 Å². The minimum absolute atomic E-state index is 0.207. The van der Waals surface area contributed by atoms with Crippen molar-refractivity contribution in [1.29, 1.82) is 0 Å². The summed E-state index contributed by atoms with van der Waals surface area (Å²) in [5.41, 5.74) is 0.499. The Hall–Kier alpha value is -2.93. The molecular weight excluding hydrogens is 328 g/mol. The normalized spacial score (nSPS) is 11.7. The third kappa shape index (κ3) is 3.88. The van der Waals surface area contributed by atoms with E-state index in [0.717, 1.165) is 0 Å². The van der Waals surface area contributed by atoms with E-state index in [1.807, 2.05) is 0 Å². The van der Waals surface area contributed by atoms with Gasteiger partial charge in [0.1, 0.15) is 10.6 Å². The van der Waals surface area contributed by atoms with Crippen molar-refractivity contribution in [2.45, 2.75) is 12.6 Å². The van der Waals surface area contributed by atoms with Crippen LogP contribution in [0.25, 0.3) is 0 Å². The van der Waals surface area contributed by atoms with E-state index in [1.54, 1.807) is 48.0 Å². The standard InChI is InChI=1S/C17H14N2O4S/c20-16(19-11-13-5-2-8-22-13)15(12-4-1-7-18-10-12)23-17(21)14-6-3-9-24-14/h1-10,15H,11H2,(H,19,20)/t15-/m1/s1. The third-order valence-electron chi connectivity index (χ3n) is 3.19. The Morgan fingerprint density at radius 2 is 2.17 bits per heavy atom. The molecule has 122 valence electrons. The number of ether oxygens (including phenoxy) is 1. The molecule has 6 nitrogen and oxygen atoms in total. The van der Waals surface area contributed by atoms with Crippen molar-refractivity contribution in [3.63, 3.8) is 0 Å². The number of amides is 1. The van der Waals surface area contributed by atoms with Crippen molar-refractivity contribution >= 4 is 23.2 Å². The van der Waals surface area contributed by atoms with Gasteiger partial charge in [0, 0.05) is 18.0 Å². The molecule has 1 atom stereocenters. The molecule has 0 radical (unpaired) electrons. The minimum atomic E-state index is -1.08. The summed E-state index contributed by atoms with van der Waals surface area (Å²) >= 11 is 1.25. The summed E-state index contributed by atoms with van der Waals surface area (Å²) in [5, 5.41) is 4.47. The fourth-order valence-corrected chi connectivity index (χ4v) is 2.65. The van der Waals surface area contributed by atoms with Crippen molar-refractivity contribution < 1.29 is 18.7 Å². The molecule has 0 bridgehead atoms. The van der Waals surface area contributed by atoms with Crippen LogP contribution in [-0.4, -0.2) is 16.9 Å². The largest absolute Gasteiger partial charge is 0.467 e. The van der Waals surface area contributed by atoms with E-state index in [2.05, 4.69) is 10.3 Å². The highest BCUT2D eigenvalue weighted by Gasteiger charge is 2.26. The quantitative estimate of drug-likeness (QED) is 0.697. The molecule has 0 spiro atoms. The Morgan fingerprint density at radius 1 is 1.25 bits per heavy atom. The van der Waals surface area contributed by atoms with Crippen molar-refractivity contribution in [1.82, 2.24) is 10.3 Å². The molecule has 7 heteroatoms. The Bertz CT molecular complexity index is 785. The van der Waals surface area contributed by atoms with Crippen LogP contribution in [0.3, 0.4) is 0 Å². The Morgan fingerprint density at radius 3 is 2.83 bits per heavy atom. The van der Waals surface area contributed by atoms with Gasteiger partial charge in [-0.2, -0.15) is 0 Å². The maximum absolute atomic E-state index is 12.5. The maximum Gasteiger partial charge on any atom is 0.349 e. The summed E-state index contributed by atoms with van der Waals surface area (Å²) in [4.78, 5) is 29.1. The lowest BCUT2D eigenvalue weighted by molar-refractivity contribution is -0.130. The highest BCUT2D eigenvalue weighted by atomic mass is 32.1. The van der Waals surface area contributed by atoms with Crippen molar-refractivity contribution in [2.75, 3.05) is 0 Å². The second-order valence-corrected chi connectivity index (χ2v) is 5.79. The SMILES string of the molecule is O=C(O[C@@H](C(=O)NCc1ccco1)c1cccnc1)c1cccs1. The highest BCUT2D eigenvalue weighted by molar-refractivity contribution is 7.11. The van der Waals surface area contributed by atoms with Crippen LogP contribution in [0.5, 0.6) is 0 Å². The van der Waals surface area contributed by atoms with E-state index in [4.69, 9.17) is 9.15 Å². The van der Waals surface area contributed by atoms with Crippen LogP contribution in [0.2, 0.25) is 0 Å². The molecule has 0 aliphatic rings. The molecule has 1 N–H and O–H groups in total. The van der Waals surface area contributed by atoms with Gasteiger partial charge in [0.15, 0.2) is 0 Å². The van der Waals surface area contributed by atoms with Gasteiger partial charge in [-0.1, -0.05) is 12.1 Å². The number of pyridine rings is 1. The number of nitrogens with one attached hydrogen (secondary N) is 1. The van der Waals surface area contributed by atoms with Gasteiger partial charge in [-0.05, 0) is 29.6 Å². The van der Waals surface area contributed by atoms with Gasteiger partial charge in [0.2, 0.25) is 6.10 Å². The fraction of sp³-hybridized carbons (Fsp3) is 0.118. The number of carbonyl (C=O) groups excluding carboxylic acids is 2.